The molecule has 2 heterocycles. The number of carbonyl (C=O) groups excluding carboxylic acids is 1. The maximum absolute atomic E-state index is 12.9. The van der Waals surface area contributed by atoms with Crippen LogP contribution in [0.1, 0.15) is 23.6 Å². The summed E-state index contributed by atoms with van der Waals surface area (Å²) in [7, 11) is 1.66. The van der Waals surface area contributed by atoms with Crippen molar-refractivity contribution < 1.29 is 9.53 Å². The number of amides is 1. The van der Waals surface area contributed by atoms with E-state index in [0.29, 0.717) is 6.54 Å². The van der Waals surface area contributed by atoms with Gasteiger partial charge in [0, 0.05) is 12.4 Å². The smallest absolute Gasteiger partial charge is 0.251 e. The molecule has 2 aromatic rings. The Morgan fingerprint density at radius 3 is 2.76 bits per heavy atom. The van der Waals surface area contributed by atoms with Crippen LogP contribution in [0.5, 0.6) is 5.75 Å². The zero-order chi connectivity index (χ0) is 17.2. The number of ether oxygens (including phenoxy) is 1. The van der Waals surface area contributed by atoms with E-state index in [4.69, 9.17) is 4.74 Å². The van der Waals surface area contributed by atoms with Crippen LogP contribution in [0, 0.1) is 0 Å². The Morgan fingerprint density at radius 2 is 1.96 bits per heavy atom. The first-order chi connectivity index (χ1) is 12.2. The van der Waals surface area contributed by atoms with Crippen molar-refractivity contribution in [3.8, 4) is 5.75 Å². The van der Waals surface area contributed by atoms with E-state index >= 15 is 0 Å². The molecule has 0 bridgehead atoms. The minimum absolute atomic E-state index is 0.102. The van der Waals surface area contributed by atoms with E-state index < -0.39 is 0 Å². The van der Waals surface area contributed by atoms with Gasteiger partial charge in [0.15, 0.2) is 0 Å². The van der Waals surface area contributed by atoms with E-state index in [1.165, 1.54) is 0 Å². The molecule has 0 aromatic heterocycles. The number of hydrazine groups is 1. The van der Waals surface area contributed by atoms with Crippen molar-refractivity contribution in [1.82, 2.24) is 15.3 Å². The number of benzene rings is 2. The van der Waals surface area contributed by atoms with Gasteiger partial charge in [-0.2, -0.15) is 0 Å². The van der Waals surface area contributed by atoms with Gasteiger partial charge in [-0.3, -0.25) is 4.79 Å². The van der Waals surface area contributed by atoms with Gasteiger partial charge in [0.2, 0.25) is 0 Å². The zero-order valence-electron chi connectivity index (χ0n) is 14.1. The molecular weight excluding hydrogens is 314 g/mol. The second-order valence-corrected chi connectivity index (χ2v) is 6.37. The zero-order valence-corrected chi connectivity index (χ0v) is 14.1. The molecular formula is C20H21N3O2. The Labute approximate surface area is 147 Å². The Morgan fingerprint density at radius 1 is 1.12 bits per heavy atom. The van der Waals surface area contributed by atoms with Gasteiger partial charge < -0.3 is 14.6 Å². The average molecular weight is 335 g/mol. The monoisotopic (exact) mass is 335 g/mol. The molecule has 2 unspecified atom stereocenters. The van der Waals surface area contributed by atoms with E-state index in [-0.39, 0.29) is 18.0 Å². The molecule has 2 aliphatic heterocycles. The highest BCUT2D eigenvalue weighted by Crippen LogP contribution is 2.32. The molecule has 0 spiro atoms. The summed E-state index contributed by atoms with van der Waals surface area (Å²) in [6.45, 7) is 0.602. The van der Waals surface area contributed by atoms with Gasteiger partial charge in [-0.15, -0.1) is 0 Å². The molecule has 5 nitrogen and oxygen atoms in total. The first-order valence-electron chi connectivity index (χ1n) is 8.46. The van der Waals surface area contributed by atoms with Gasteiger partial charge in [-0.05, 0) is 29.7 Å². The lowest BCUT2D eigenvalue weighted by molar-refractivity contribution is -0.134. The van der Waals surface area contributed by atoms with E-state index in [9.17, 15) is 4.79 Å². The van der Waals surface area contributed by atoms with Crippen LogP contribution in [0.2, 0.25) is 0 Å². The molecule has 0 radical (unpaired) electrons. The molecule has 5 heteroatoms. The fourth-order valence-electron chi connectivity index (χ4n) is 3.42. The predicted octanol–water partition coefficient (Wildman–Crippen LogP) is 2.83. The molecule has 1 amide bonds. The van der Waals surface area contributed by atoms with Crippen molar-refractivity contribution in [2.75, 3.05) is 7.11 Å². The first-order valence-corrected chi connectivity index (χ1v) is 8.46. The molecule has 25 heavy (non-hydrogen) atoms. The molecule has 1 fully saturated rings. The molecule has 2 aromatic carbocycles. The number of nitrogens with one attached hydrogen (secondary N) is 1. The maximum Gasteiger partial charge on any atom is 0.251 e. The maximum atomic E-state index is 12.9. The Kier molecular flexibility index (Phi) is 4.15. The second-order valence-electron chi connectivity index (χ2n) is 6.37. The van der Waals surface area contributed by atoms with Crippen molar-refractivity contribution in [1.29, 1.82) is 0 Å². The molecule has 0 saturated carbocycles. The highest BCUT2D eigenvalue weighted by atomic mass is 16.5. The van der Waals surface area contributed by atoms with E-state index in [1.807, 2.05) is 65.9 Å². The largest absolute Gasteiger partial charge is 0.497 e. The number of hydrogen-bond acceptors (Lipinski definition) is 4. The lowest BCUT2D eigenvalue weighted by Gasteiger charge is -2.31. The Bertz CT molecular complexity index is 791. The number of fused-ring (bicyclic) bond motifs is 1. The first kappa shape index (κ1) is 15.7. The Hall–Kier alpha value is -2.79. The fourth-order valence-corrected chi connectivity index (χ4v) is 3.42. The summed E-state index contributed by atoms with van der Waals surface area (Å²) in [4.78, 5) is 14.7. The van der Waals surface area contributed by atoms with Gasteiger partial charge in [0.05, 0.1) is 19.7 Å². The van der Waals surface area contributed by atoms with Crippen LogP contribution in [0.3, 0.4) is 0 Å². The van der Waals surface area contributed by atoms with Crippen molar-refractivity contribution in [2.45, 2.75) is 25.0 Å². The highest BCUT2D eigenvalue weighted by Gasteiger charge is 2.39. The second kappa shape index (κ2) is 6.61. The van der Waals surface area contributed by atoms with Gasteiger partial charge >= 0.3 is 0 Å². The van der Waals surface area contributed by atoms with Crippen LogP contribution in [0.15, 0.2) is 67.0 Å². The van der Waals surface area contributed by atoms with Crippen LogP contribution < -0.4 is 10.2 Å². The van der Waals surface area contributed by atoms with Gasteiger partial charge in [0.1, 0.15) is 11.8 Å². The van der Waals surface area contributed by atoms with Gasteiger partial charge in [-0.1, -0.05) is 42.5 Å². The van der Waals surface area contributed by atoms with Crippen LogP contribution >= 0.6 is 0 Å². The SMILES string of the molecule is COc1cccc(C2CC3C(=O)N(Cc4ccccc4)C=CN3N2)c1. The lowest BCUT2D eigenvalue weighted by atomic mass is 10.0. The standard InChI is InChI=1S/C20H21N3O2/c1-25-17-9-5-8-16(12-17)18-13-19-20(24)22(10-11-23(19)21-18)14-15-6-3-2-4-7-15/h2-12,18-19,21H,13-14H2,1H3. The van der Waals surface area contributed by atoms with Crippen molar-refractivity contribution >= 4 is 5.91 Å². The molecule has 2 aliphatic rings. The van der Waals surface area contributed by atoms with Crippen LogP contribution in [-0.4, -0.2) is 29.0 Å². The van der Waals surface area contributed by atoms with Crippen molar-refractivity contribution in [3.05, 3.63) is 78.1 Å². The number of methoxy groups -OCH3 is 1. The summed E-state index contributed by atoms with van der Waals surface area (Å²) in [5.41, 5.74) is 5.68. The summed E-state index contributed by atoms with van der Waals surface area (Å²) in [5.74, 6) is 0.959. The van der Waals surface area contributed by atoms with Crippen molar-refractivity contribution in [2.24, 2.45) is 0 Å². The van der Waals surface area contributed by atoms with E-state index in [0.717, 1.165) is 23.3 Å². The minimum Gasteiger partial charge on any atom is -0.497 e. The number of rotatable bonds is 4. The average Bonchev–Trinajstić information content (AvgIpc) is 3.10. The number of nitrogens with zero attached hydrogens (tertiary/aromatic N) is 2. The summed E-state index contributed by atoms with van der Waals surface area (Å²) in [6.07, 6.45) is 4.55. The summed E-state index contributed by atoms with van der Waals surface area (Å²) >= 11 is 0. The van der Waals surface area contributed by atoms with Crippen LogP contribution in [-0.2, 0) is 11.3 Å². The van der Waals surface area contributed by atoms with Crippen LogP contribution in [0.25, 0.3) is 0 Å². The molecule has 128 valence electrons. The molecule has 1 saturated heterocycles. The normalized spacial score (nSPS) is 22.2. The third kappa shape index (κ3) is 3.10. The summed E-state index contributed by atoms with van der Waals surface area (Å²) < 4.78 is 5.31. The molecule has 0 aliphatic carbocycles. The Balaban J connectivity index is 1.49. The quantitative estimate of drug-likeness (QED) is 0.933. The summed E-state index contributed by atoms with van der Waals surface area (Å²) in [5, 5.41) is 1.92. The lowest BCUT2D eigenvalue weighted by Crippen LogP contribution is -2.47. The van der Waals surface area contributed by atoms with E-state index in [2.05, 4.69) is 11.5 Å². The highest BCUT2D eigenvalue weighted by molar-refractivity contribution is 5.84. The topological polar surface area (TPSA) is 44.8 Å². The van der Waals surface area contributed by atoms with Gasteiger partial charge in [-0.25, -0.2) is 5.43 Å². The number of hydrogen-bond donors (Lipinski definition) is 1. The van der Waals surface area contributed by atoms with Gasteiger partial charge in [0.25, 0.3) is 5.91 Å². The third-order valence-electron chi connectivity index (χ3n) is 4.77. The minimum atomic E-state index is -0.176. The van der Waals surface area contributed by atoms with Crippen LogP contribution in [0.4, 0.5) is 0 Å². The number of carbonyl (C=O) groups is 1. The van der Waals surface area contributed by atoms with Crippen molar-refractivity contribution in [3.63, 3.8) is 0 Å². The molecule has 1 N–H and O–H groups in total. The van der Waals surface area contributed by atoms with E-state index in [1.54, 1.807) is 12.0 Å². The molecule has 4 rings (SSSR count). The predicted molar refractivity (Wildman–Crippen MR) is 95.2 cm³/mol. The fraction of sp³-hybridized carbons (Fsp3) is 0.250. The summed E-state index contributed by atoms with van der Waals surface area (Å²) in [6, 6.07) is 18.0. The molecule has 2 atom stereocenters. The third-order valence-corrected chi connectivity index (χ3v) is 4.77.